The highest BCUT2D eigenvalue weighted by Crippen LogP contribution is 2.38. The smallest absolute Gasteiger partial charge is 0.401 e. The largest absolute Gasteiger partial charge is 0.465 e. The van der Waals surface area contributed by atoms with Crippen molar-refractivity contribution in [1.82, 2.24) is 10.2 Å². The van der Waals surface area contributed by atoms with Gasteiger partial charge in [-0.05, 0) is 33.1 Å². The molecular weight excluding hydrogens is 273 g/mol. The number of esters is 1. The highest BCUT2D eigenvalue weighted by Gasteiger charge is 2.53. The highest BCUT2D eigenvalue weighted by molar-refractivity contribution is 5.82. The molecule has 2 rings (SSSR count). The summed E-state index contributed by atoms with van der Waals surface area (Å²) in [5, 5.41) is 2.42. The van der Waals surface area contributed by atoms with Crippen LogP contribution in [0, 0.1) is 0 Å². The number of alkyl halides is 3. The van der Waals surface area contributed by atoms with Crippen molar-refractivity contribution in [2.75, 3.05) is 19.7 Å². The molecule has 2 atom stereocenters. The third-order valence-corrected chi connectivity index (χ3v) is 3.97. The van der Waals surface area contributed by atoms with E-state index >= 15 is 0 Å². The van der Waals surface area contributed by atoms with E-state index in [1.54, 1.807) is 6.92 Å². The van der Waals surface area contributed by atoms with E-state index in [1.165, 1.54) is 0 Å². The summed E-state index contributed by atoms with van der Waals surface area (Å²) in [6.07, 6.45) is -1.86. The number of rotatable bonds is 5. The minimum Gasteiger partial charge on any atom is -0.465 e. The molecule has 0 aromatic heterocycles. The van der Waals surface area contributed by atoms with Crippen molar-refractivity contribution in [2.24, 2.45) is 0 Å². The molecule has 1 aliphatic carbocycles. The molecule has 0 aromatic carbocycles. The van der Waals surface area contributed by atoms with E-state index in [2.05, 4.69) is 10.2 Å². The number of hydrogen-bond acceptors (Lipinski definition) is 4. The first kappa shape index (κ1) is 15.6. The number of ether oxygens (including phenoxy) is 1. The molecule has 1 saturated carbocycles. The van der Waals surface area contributed by atoms with E-state index in [-0.39, 0.29) is 12.6 Å². The van der Waals surface area contributed by atoms with E-state index in [9.17, 15) is 18.0 Å². The molecule has 0 amide bonds. The first-order valence-corrected chi connectivity index (χ1v) is 7.02. The van der Waals surface area contributed by atoms with Gasteiger partial charge in [-0.2, -0.15) is 13.2 Å². The van der Waals surface area contributed by atoms with Crippen molar-refractivity contribution in [3.8, 4) is 0 Å². The lowest BCUT2D eigenvalue weighted by atomic mass is 9.96. The number of carbonyl (C=O) groups excluding carboxylic acids is 1. The van der Waals surface area contributed by atoms with Gasteiger partial charge in [-0.1, -0.05) is 0 Å². The first-order valence-electron chi connectivity index (χ1n) is 7.02. The average Bonchev–Trinajstić information content (AvgIpc) is 3.11. The van der Waals surface area contributed by atoms with Gasteiger partial charge in [-0.25, -0.2) is 4.79 Å². The molecule has 1 saturated heterocycles. The monoisotopic (exact) mass is 294 g/mol. The zero-order valence-corrected chi connectivity index (χ0v) is 11.8. The van der Waals surface area contributed by atoms with Gasteiger partial charge in [0.25, 0.3) is 0 Å². The molecule has 4 nitrogen and oxygen atoms in total. The Balaban J connectivity index is 2.10. The maximum Gasteiger partial charge on any atom is 0.401 e. The molecule has 2 fully saturated rings. The molecule has 116 valence electrons. The maximum absolute atomic E-state index is 12.5. The molecule has 1 N–H and O–H groups in total. The summed E-state index contributed by atoms with van der Waals surface area (Å²) >= 11 is 0. The van der Waals surface area contributed by atoms with Crippen molar-refractivity contribution in [2.45, 2.75) is 56.9 Å². The molecular formula is C13H21F3N2O2. The zero-order chi connectivity index (χ0) is 15.0. The van der Waals surface area contributed by atoms with Crippen molar-refractivity contribution >= 4 is 5.97 Å². The number of carbonyl (C=O) groups is 1. The Kier molecular flexibility index (Phi) is 4.30. The SMILES string of the molecule is CCOC(=O)C1(NCC(F)(F)F)CC(C)N(C2CC2)C1. The molecule has 2 unspecified atom stereocenters. The lowest BCUT2D eigenvalue weighted by Gasteiger charge is -2.29. The van der Waals surface area contributed by atoms with Crippen LogP contribution >= 0.6 is 0 Å². The first-order chi connectivity index (χ1) is 9.27. The van der Waals surface area contributed by atoms with Crippen LogP contribution in [-0.4, -0.2) is 54.4 Å². The number of hydrogen-bond donors (Lipinski definition) is 1. The van der Waals surface area contributed by atoms with Crippen molar-refractivity contribution in [3.05, 3.63) is 0 Å². The van der Waals surface area contributed by atoms with E-state index in [0.717, 1.165) is 12.8 Å². The number of likely N-dealkylation sites (tertiary alicyclic amines) is 1. The third kappa shape index (κ3) is 3.44. The number of nitrogens with zero attached hydrogens (tertiary/aromatic N) is 1. The zero-order valence-electron chi connectivity index (χ0n) is 11.8. The fourth-order valence-corrected chi connectivity index (χ4v) is 2.94. The highest BCUT2D eigenvalue weighted by atomic mass is 19.4. The quantitative estimate of drug-likeness (QED) is 0.784. The van der Waals surface area contributed by atoms with Crippen LogP contribution in [0.15, 0.2) is 0 Å². The maximum atomic E-state index is 12.5. The third-order valence-electron chi connectivity index (χ3n) is 3.97. The van der Waals surface area contributed by atoms with Gasteiger partial charge in [0, 0.05) is 18.6 Å². The summed E-state index contributed by atoms with van der Waals surface area (Å²) in [5.41, 5.74) is -1.23. The van der Waals surface area contributed by atoms with E-state index in [4.69, 9.17) is 4.74 Å². The molecule has 1 heterocycles. The minimum absolute atomic E-state index is 0.0904. The van der Waals surface area contributed by atoms with Crippen LogP contribution in [0.2, 0.25) is 0 Å². The fraction of sp³-hybridized carbons (Fsp3) is 0.923. The van der Waals surface area contributed by atoms with Crippen LogP contribution < -0.4 is 5.32 Å². The van der Waals surface area contributed by atoms with Gasteiger partial charge in [0.15, 0.2) is 0 Å². The summed E-state index contributed by atoms with van der Waals surface area (Å²) in [6.45, 7) is 2.91. The van der Waals surface area contributed by atoms with Gasteiger partial charge in [0.1, 0.15) is 5.54 Å². The Labute approximate surface area is 116 Å². The fourth-order valence-electron chi connectivity index (χ4n) is 2.94. The molecule has 0 bridgehead atoms. The van der Waals surface area contributed by atoms with Crippen molar-refractivity contribution in [1.29, 1.82) is 0 Å². The van der Waals surface area contributed by atoms with Gasteiger partial charge in [-0.15, -0.1) is 0 Å². The van der Waals surface area contributed by atoms with Crippen molar-refractivity contribution < 1.29 is 22.7 Å². The summed E-state index contributed by atoms with van der Waals surface area (Å²) in [5.74, 6) is -0.570. The second-order valence-electron chi connectivity index (χ2n) is 5.73. The van der Waals surface area contributed by atoms with Gasteiger partial charge in [0.2, 0.25) is 0 Å². The molecule has 7 heteroatoms. The molecule has 0 aromatic rings. The van der Waals surface area contributed by atoms with Gasteiger partial charge >= 0.3 is 12.1 Å². The predicted octanol–water partition coefficient (Wildman–Crippen LogP) is 1.70. The van der Waals surface area contributed by atoms with Crippen LogP contribution in [0.5, 0.6) is 0 Å². The second-order valence-corrected chi connectivity index (χ2v) is 5.73. The lowest BCUT2D eigenvalue weighted by Crippen LogP contribution is -2.57. The Morgan fingerprint density at radius 1 is 1.45 bits per heavy atom. The van der Waals surface area contributed by atoms with E-state index in [1.807, 2.05) is 6.92 Å². The van der Waals surface area contributed by atoms with Crippen LogP contribution in [0.4, 0.5) is 13.2 Å². The lowest BCUT2D eigenvalue weighted by molar-refractivity contribution is -0.155. The average molecular weight is 294 g/mol. The Morgan fingerprint density at radius 2 is 2.10 bits per heavy atom. The molecule has 1 aliphatic heterocycles. The standard InChI is InChI=1S/C13H21F3N2O2/c1-3-20-11(19)12(17-7-13(14,15)16)6-9(2)18(8-12)10-4-5-10/h9-10,17H,3-8H2,1-2H3. The van der Waals surface area contributed by atoms with Gasteiger partial charge < -0.3 is 4.74 Å². The molecule has 20 heavy (non-hydrogen) atoms. The van der Waals surface area contributed by atoms with Crippen molar-refractivity contribution in [3.63, 3.8) is 0 Å². The van der Waals surface area contributed by atoms with E-state index in [0.29, 0.717) is 19.0 Å². The Morgan fingerprint density at radius 3 is 2.60 bits per heavy atom. The number of halogens is 3. The van der Waals surface area contributed by atoms with E-state index < -0.39 is 24.2 Å². The van der Waals surface area contributed by atoms with Crippen LogP contribution in [0.3, 0.4) is 0 Å². The molecule has 2 aliphatic rings. The van der Waals surface area contributed by atoms with Gasteiger partial charge in [-0.3, -0.25) is 10.2 Å². The van der Waals surface area contributed by atoms with Crippen LogP contribution in [0.1, 0.15) is 33.1 Å². The number of nitrogens with one attached hydrogen (secondary N) is 1. The molecule has 0 radical (unpaired) electrons. The van der Waals surface area contributed by atoms with Gasteiger partial charge in [0.05, 0.1) is 13.2 Å². The predicted molar refractivity (Wildman–Crippen MR) is 67.2 cm³/mol. The normalized spacial score (nSPS) is 31.6. The summed E-state index contributed by atoms with van der Waals surface area (Å²) < 4.78 is 42.4. The second kappa shape index (κ2) is 5.52. The van der Waals surface area contributed by atoms with Crippen LogP contribution in [0.25, 0.3) is 0 Å². The summed E-state index contributed by atoms with van der Waals surface area (Å²) in [7, 11) is 0. The molecule has 0 spiro atoms. The topological polar surface area (TPSA) is 41.6 Å². The summed E-state index contributed by atoms with van der Waals surface area (Å²) in [6, 6.07) is 0.502. The Bertz CT molecular complexity index is 371. The van der Waals surface area contributed by atoms with Crippen LogP contribution in [-0.2, 0) is 9.53 Å². The summed E-state index contributed by atoms with van der Waals surface area (Å²) in [4.78, 5) is 14.3. The minimum atomic E-state index is -4.34. The Hall–Kier alpha value is -0.820.